The molecule has 0 aliphatic rings. The summed E-state index contributed by atoms with van der Waals surface area (Å²) in [6.45, 7) is 1.65. The Balaban J connectivity index is 2.08. The molecule has 0 aliphatic carbocycles. The lowest BCUT2D eigenvalue weighted by atomic mass is 10.0. The highest BCUT2D eigenvalue weighted by atomic mass is 16.4. The summed E-state index contributed by atoms with van der Waals surface area (Å²) in [4.78, 5) is 57.1. The average molecular weight is 548 g/mol. The number of unbranched alkanes of at least 4 members (excludes halogenated alkanes) is 1. The number of nitrogens with one attached hydrogen (secondary N) is 4. The molecule has 0 aliphatic heterocycles. The van der Waals surface area contributed by atoms with Crippen LogP contribution >= 0.6 is 0 Å². The zero-order valence-corrected chi connectivity index (χ0v) is 21.7. The first kappa shape index (κ1) is 31.2. The monoisotopic (exact) mass is 547 g/mol. The number of aromatic nitrogens is 2. The number of aliphatic hydroxyl groups excluding tert-OH is 1. The van der Waals surface area contributed by atoms with Gasteiger partial charge in [0.1, 0.15) is 23.9 Å². The second-order valence-corrected chi connectivity index (χ2v) is 9.23. The molecule has 0 fully saturated rings. The summed E-state index contributed by atoms with van der Waals surface area (Å²) in [7, 11) is 0. The molecule has 5 atom stereocenters. The Morgan fingerprint density at radius 3 is 2.21 bits per heavy atom. The molecule has 2 rings (SSSR count). The maximum atomic E-state index is 13.1. The highest BCUT2D eigenvalue weighted by molar-refractivity contribution is 5.94. The molecule has 3 amide bonds. The Bertz CT molecular complexity index is 1080. The van der Waals surface area contributed by atoms with Gasteiger partial charge in [-0.3, -0.25) is 14.4 Å². The van der Waals surface area contributed by atoms with Crippen molar-refractivity contribution in [1.29, 1.82) is 0 Å². The van der Waals surface area contributed by atoms with Gasteiger partial charge in [0, 0.05) is 18.3 Å². The number of nitrogens with zero attached hydrogens (tertiary/aromatic N) is 1. The van der Waals surface area contributed by atoms with Gasteiger partial charge >= 0.3 is 5.97 Å². The van der Waals surface area contributed by atoms with Crippen molar-refractivity contribution in [2.75, 3.05) is 6.54 Å². The van der Waals surface area contributed by atoms with Crippen LogP contribution in [0.15, 0.2) is 36.8 Å². The van der Waals surface area contributed by atoms with Gasteiger partial charge in [-0.2, -0.15) is 0 Å². The molecule has 0 spiro atoms. The average Bonchev–Trinajstić information content (AvgIpc) is 3.40. The first-order valence-electron chi connectivity index (χ1n) is 12.5. The third-order valence-electron chi connectivity index (χ3n) is 5.96. The van der Waals surface area contributed by atoms with E-state index in [1.165, 1.54) is 31.6 Å². The molecule has 14 nitrogen and oxygen atoms in total. The summed E-state index contributed by atoms with van der Waals surface area (Å²) >= 11 is 0. The molecule has 11 N–H and O–H groups in total. The normalized spacial score (nSPS) is 14.9. The van der Waals surface area contributed by atoms with Gasteiger partial charge in [-0.25, -0.2) is 9.78 Å². The number of carboxylic acids is 1. The second-order valence-electron chi connectivity index (χ2n) is 9.23. The van der Waals surface area contributed by atoms with Crippen LogP contribution in [0, 0.1) is 0 Å². The third kappa shape index (κ3) is 10.3. The van der Waals surface area contributed by atoms with Crippen LogP contribution in [0.3, 0.4) is 0 Å². The number of carboxylic acid groups (broad SMARTS) is 1. The highest BCUT2D eigenvalue weighted by Gasteiger charge is 2.32. The van der Waals surface area contributed by atoms with E-state index in [4.69, 9.17) is 11.5 Å². The lowest BCUT2D eigenvalue weighted by Gasteiger charge is -2.26. The SMILES string of the molecule is CC(O)C(NC(=O)C(N)Cc1ccc(O)cc1)C(=O)NC(CCCCN)C(=O)NC(Cc1cnc[nH]1)C(=O)O. The van der Waals surface area contributed by atoms with Crippen LogP contribution in [0.2, 0.25) is 0 Å². The maximum Gasteiger partial charge on any atom is 0.326 e. The number of carbonyl (C=O) groups excluding carboxylic acids is 3. The van der Waals surface area contributed by atoms with E-state index in [9.17, 15) is 34.5 Å². The van der Waals surface area contributed by atoms with Crippen molar-refractivity contribution < 1.29 is 34.5 Å². The predicted molar refractivity (Wildman–Crippen MR) is 140 cm³/mol. The highest BCUT2D eigenvalue weighted by Crippen LogP contribution is 2.11. The Morgan fingerprint density at radius 1 is 0.974 bits per heavy atom. The summed E-state index contributed by atoms with van der Waals surface area (Å²) in [5.74, 6) is -3.51. The zero-order chi connectivity index (χ0) is 28.9. The number of H-pyrrole nitrogens is 1. The quantitative estimate of drug-likeness (QED) is 0.108. The summed E-state index contributed by atoms with van der Waals surface area (Å²) in [5, 5.41) is 36.5. The van der Waals surface area contributed by atoms with Crippen molar-refractivity contribution in [3.05, 3.63) is 48.0 Å². The smallest absolute Gasteiger partial charge is 0.326 e. The number of benzene rings is 1. The number of aromatic hydroxyl groups is 1. The molecule has 0 bridgehead atoms. The number of imidazole rings is 1. The largest absolute Gasteiger partial charge is 0.508 e. The van der Waals surface area contributed by atoms with Crippen LogP contribution in [-0.4, -0.2) is 85.8 Å². The molecule has 39 heavy (non-hydrogen) atoms. The molecule has 214 valence electrons. The van der Waals surface area contributed by atoms with Crippen molar-refractivity contribution in [1.82, 2.24) is 25.9 Å². The fourth-order valence-electron chi connectivity index (χ4n) is 3.76. The van der Waals surface area contributed by atoms with Gasteiger partial charge in [0.2, 0.25) is 17.7 Å². The van der Waals surface area contributed by atoms with Crippen molar-refractivity contribution in [3.63, 3.8) is 0 Å². The van der Waals surface area contributed by atoms with Gasteiger partial charge in [0.25, 0.3) is 0 Å². The molecule has 0 saturated heterocycles. The van der Waals surface area contributed by atoms with Gasteiger partial charge in [-0.05, 0) is 56.8 Å². The summed E-state index contributed by atoms with van der Waals surface area (Å²) in [5.41, 5.74) is 12.7. The molecule has 0 saturated carbocycles. The number of hydrogen-bond acceptors (Lipinski definition) is 9. The number of aliphatic hydroxyl groups is 1. The molecular formula is C25H37N7O7. The number of nitrogens with two attached hydrogens (primary N) is 2. The molecule has 1 aromatic carbocycles. The van der Waals surface area contributed by atoms with Crippen LogP contribution in [0.4, 0.5) is 0 Å². The zero-order valence-electron chi connectivity index (χ0n) is 21.7. The lowest BCUT2D eigenvalue weighted by Crippen LogP contribution is -2.60. The molecular weight excluding hydrogens is 510 g/mol. The van der Waals surface area contributed by atoms with Gasteiger partial charge < -0.3 is 47.7 Å². The van der Waals surface area contributed by atoms with Crippen molar-refractivity contribution in [2.24, 2.45) is 11.5 Å². The number of carbonyl (C=O) groups is 4. The minimum Gasteiger partial charge on any atom is -0.508 e. The van der Waals surface area contributed by atoms with Crippen molar-refractivity contribution in [2.45, 2.75) is 69.3 Å². The Morgan fingerprint density at radius 2 is 1.64 bits per heavy atom. The minimum atomic E-state index is -1.44. The number of phenols is 1. The van der Waals surface area contributed by atoms with Crippen LogP contribution in [0.5, 0.6) is 5.75 Å². The molecule has 0 radical (unpaired) electrons. The summed E-state index contributed by atoms with van der Waals surface area (Å²) < 4.78 is 0. The Hall–Kier alpha value is -4.01. The van der Waals surface area contributed by atoms with E-state index in [2.05, 4.69) is 25.9 Å². The first-order valence-corrected chi connectivity index (χ1v) is 12.5. The number of amides is 3. The van der Waals surface area contributed by atoms with Gasteiger partial charge in [-0.15, -0.1) is 0 Å². The topological polar surface area (TPSA) is 246 Å². The van der Waals surface area contributed by atoms with Gasteiger partial charge in [0.15, 0.2) is 0 Å². The minimum absolute atomic E-state index is 0.0589. The number of aromatic amines is 1. The van der Waals surface area contributed by atoms with E-state index in [1.54, 1.807) is 12.1 Å². The molecule has 2 aromatic rings. The number of rotatable bonds is 16. The summed E-state index contributed by atoms with van der Waals surface area (Å²) in [6, 6.07) is 1.15. The van der Waals surface area contributed by atoms with E-state index < -0.39 is 54.0 Å². The Kier molecular flexibility index (Phi) is 12.3. The fraction of sp³-hybridized carbons (Fsp3) is 0.480. The van der Waals surface area contributed by atoms with E-state index in [-0.39, 0.29) is 25.0 Å². The van der Waals surface area contributed by atoms with E-state index >= 15 is 0 Å². The standard InChI is InChI=1S/C25H37N7O7/c1-14(33)21(32-22(35)18(27)10-15-5-7-17(34)8-6-15)24(37)30-19(4-2-3-9-26)23(36)31-20(25(38)39)11-16-12-28-13-29-16/h5-8,12-14,18-21,33-34H,2-4,9-11,26-27H2,1H3,(H,28,29)(H,30,37)(H,31,36)(H,32,35)(H,38,39). The number of phenolic OH excluding ortho intramolecular Hbond substituents is 1. The molecule has 14 heteroatoms. The van der Waals surface area contributed by atoms with Crippen LogP contribution in [-0.2, 0) is 32.0 Å². The number of hydrogen-bond donors (Lipinski definition) is 9. The van der Waals surface area contributed by atoms with Crippen molar-refractivity contribution >= 4 is 23.7 Å². The predicted octanol–water partition coefficient (Wildman–Crippen LogP) is -1.72. The first-order chi connectivity index (χ1) is 18.5. The number of aliphatic carboxylic acids is 1. The lowest BCUT2D eigenvalue weighted by molar-refractivity contribution is -0.142. The van der Waals surface area contributed by atoms with Crippen LogP contribution in [0.25, 0.3) is 0 Å². The summed E-state index contributed by atoms with van der Waals surface area (Å²) in [6.07, 6.45) is 2.68. The van der Waals surface area contributed by atoms with Crippen LogP contribution in [0.1, 0.15) is 37.4 Å². The van der Waals surface area contributed by atoms with Gasteiger partial charge in [0.05, 0.1) is 18.5 Å². The van der Waals surface area contributed by atoms with Crippen molar-refractivity contribution in [3.8, 4) is 5.75 Å². The molecule has 1 aromatic heterocycles. The third-order valence-corrected chi connectivity index (χ3v) is 5.96. The second kappa shape index (κ2) is 15.4. The molecule has 5 unspecified atom stereocenters. The molecule has 1 heterocycles. The van der Waals surface area contributed by atoms with E-state index in [1.807, 2.05) is 0 Å². The van der Waals surface area contributed by atoms with E-state index in [0.29, 0.717) is 30.6 Å². The van der Waals surface area contributed by atoms with Gasteiger partial charge in [-0.1, -0.05) is 12.1 Å². The Labute approximate surface area is 225 Å². The maximum absolute atomic E-state index is 13.1. The fourth-order valence-corrected chi connectivity index (χ4v) is 3.76. The van der Waals surface area contributed by atoms with E-state index in [0.717, 1.165) is 0 Å². The van der Waals surface area contributed by atoms with Crippen LogP contribution < -0.4 is 27.4 Å².